The molecule has 0 fully saturated rings. The number of esters is 1. The molecule has 21 heavy (non-hydrogen) atoms. The minimum Gasteiger partial charge on any atom is -0.452 e. The SMILES string of the molecule is CCCCNC(=O)COC(=O)c1cc([N+](=O)[O-])ccc1Cl. The highest BCUT2D eigenvalue weighted by atomic mass is 35.5. The minimum absolute atomic E-state index is 0.0250. The average molecular weight is 315 g/mol. The van der Waals surface area contributed by atoms with E-state index in [2.05, 4.69) is 5.32 Å². The van der Waals surface area contributed by atoms with E-state index in [1.807, 2.05) is 6.92 Å². The van der Waals surface area contributed by atoms with Crippen LogP contribution in [0.15, 0.2) is 18.2 Å². The standard InChI is InChI=1S/C13H15ClN2O5/c1-2-3-6-15-12(17)8-21-13(18)10-7-9(16(19)20)4-5-11(10)14/h4-5,7H,2-3,6,8H2,1H3,(H,15,17). The molecular formula is C13H15ClN2O5. The summed E-state index contributed by atoms with van der Waals surface area (Å²) in [7, 11) is 0. The van der Waals surface area contributed by atoms with Crippen LogP contribution < -0.4 is 5.32 Å². The Balaban J connectivity index is 2.61. The van der Waals surface area contributed by atoms with Gasteiger partial charge in [0.25, 0.3) is 11.6 Å². The number of benzene rings is 1. The average Bonchev–Trinajstić information content (AvgIpc) is 2.45. The smallest absolute Gasteiger partial charge is 0.340 e. The third-order valence-corrected chi connectivity index (χ3v) is 2.90. The van der Waals surface area contributed by atoms with Crippen LogP contribution in [0.2, 0.25) is 5.02 Å². The Hall–Kier alpha value is -2.15. The van der Waals surface area contributed by atoms with Crippen LogP contribution in [0, 0.1) is 10.1 Å². The number of carbonyl (C=O) groups is 2. The number of nitrogens with one attached hydrogen (secondary N) is 1. The lowest BCUT2D eigenvalue weighted by molar-refractivity contribution is -0.384. The van der Waals surface area contributed by atoms with Gasteiger partial charge in [0.15, 0.2) is 6.61 Å². The van der Waals surface area contributed by atoms with E-state index in [0.717, 1.165) is 18.9 Å². The number of unbranched alkanes of at least 4 members (excludes halogenated alkanes) is 1. The molecule has 1 aromatic carbocycles. The summed E-state index contributed by atoms with van der Waals surface area (Å²) in [6.45, 7) is 2.03. The topological polar surface area (TPSA) is 98.5 Å². The normalized spacial score (nSPS) is 10.0. The van der Waals surface area contributed by atoms with Gasteiger partial charge in [-0.25, -0.2) is 4.79 Å². The molecular weight excluding hydrogens is 300 g/mol. The number of ether oxygens (including phenoxy) is 1. The van der Waals surface area contributed by atoms with Crippen LogP contribution in [-0.4, -0.2) is 30.0 Å². The first-order valence-corrected chi connectivity index (χ1v) is 6.71. The maximum absolute atomic E-state index is 11.8. The number of rotatable bonds is 7. The maximum atomic E-state index is 11.8. The first kappa shape index (κ1) is 16.9. The second-order valence-corrected chi connectivity index (χ2v) is 4.61. The molecule has 0 aromatic heterocycles. The lowest BCUT2D eigenvalue weighted by Gasteiger charge is -2.07. The molecule has 0 bridgehead atoms. The third-order valence-electron chi connectivity index (χ3n) is 2.57. The first-order valence-electron chi connectivity index (χ1n) is 6.33. The molecule has 0 spiro atoms. The van der Waals surface area contributed by atoms with Gasteiger partial charge in [-0.05, 0) is 12.5 Å². The Morgan fingerprint density at radius 3 is 2.76 bits per heavy atom. The molecule has 0 aliphatic rings. The van der Waals surface area contributed by atoms with Crippen LogP contribution in [-0.2, 0) is 9.53 Å². The lowest BCUT2D eigenvalue weighted by atomic mass is 10.2. The monoisotopic (exact) mass is 314 g/mol. The largest absolute Gasteiger partial charge is 0.452 e. The highest BCUT2D eigenvalue weighted by Gasteiger charge is 2.17. The zero-order valence-electron chi connectivity index (χ0n) is 11.4. The van der Waals surface area contributed by atoms with Crippen molar-refractivity contribution in [3.05, 3.63) is 38.9 Å². The van der Waals surface area contributed by atoms with E-state index in [9.17, 15) is 19.7 Å². The van der Waals surface area contributed by atoms with Gasteiger partial charge in [0, 0.05) is 18.7 Å². The van der Waals surface area contributed by atoms with E-state index >= 15 is 0 Å². The van der Waals surface area contributed by atoms with Crippen molar-refractivity contribution < 1.29 is 19.2 Å². The number of nitrogens with zero attached hydrogens (tertiary/aromatic N) is 1. The summed E-state index contributed by atoms with van der Waals surface area (Å²) in [5, 5.41) is 13.2. The second-order valence-electron chi connectivity index (χ2n) is 4.20. The van der Waals surface area contributed by atoms with E-state index in [-0.39, 0.29) is 16.3 Å². The Morgan fingerprint density at radius 1 is 1.43 bits per heavy atom. The molecule has 8 heteroatoms. The number of nitro benzene ring substituents is 1. The Labute approximate surface area is 126 Å². The van der Waals surface area contributed by atoms with Gasteiger partial charge in [-0.1, -0.05) is 24.9 Å². The fourth-order valence-corrected chi connectivity index (χ4v) is 1.64. The van der Waals surface area contributed by atoms with E-state index < -0.39 is 23.4 Å². The van der Waals surface area contributed by atoms with Crippen molar-refractivity contribution in [2.75, 3.05) is 13.2 Å². The predicted octanol–water partition coefficient (Wildman–Crippen LogP) is 2.32. The number of amides is 1. The zero-order valence-corrected chi connectivity index (χ0v) is 12.2. The molecule has 7 nitrogen and oxygen atoms in total. The first-order chi connectivity index (χ1) is 9.95. The molecule has 0 unspecified atom stereocenters. The van der Waals surface area contributed by atoms with Gasteiger partial charge < -0.3 is 10.1 Å². The van der Waals surface area contributed by atoms with Crippen LogP contribution in [0.4, 0.5) is 5.69 Å². The molecule has 0 saturated carbocycles. The number of nitro groups is 1. The summed E-state index contributed by atoms with van der Waals surface area (Å²) in [6, 6.07) is 3.42. The van der Waals surface area contributed by atoms with Crippen molar-refractivity contribution in [1.82, 2.24) is 5.32 Å². The molecule has 0 heterocycles. The van der Waals surface area contributed by atoms with Crippen molar-refractivity contribution in [3.8, 4) is 0 Å². The van der Waals surface area contributed by atoms with Crippen molar-refractivity contribution in [2.24, 2.45) is 0 Å². The Morgan fingerprint density at radius 2 is 2.14 bits per heavy atom. The molecule has 0 saturated heterocycles. The fourth-order valence-electron chi connectivity index (χ4n) is 1.45. The number of hydrogen-bond donors (Lipinski definition) is 1. The fraction of sp³-hybridized carbons (Fsp3) is 0.385. The van der Waals surface area contributed by atoms with Crippen molar-refractivity contribution in [3.63, 3.8) is 0 Å². The van der Waals surface area contributed by atoms with Gasteiger partial charge >= 0.3 is 5.97 Å². The summed E-state index contributed by atoms with van der Waals surface area (Å²) in [4.78, 5) is 33.1. The highest BCUT2D eigenvalue weighted by Crippen LogP contribution is 2.22. The van der Waals surface area contributed by atoms with Crippen LogP contribution in [0.1, 0.15) is 30.1 Å². The summed E-state index contributed by atoms with van der Waals surface area (Å²) < 4.78 is 4.78. The van der Waals surface area contributed by atoms with Crippen LogP contribution in [0.25, 0.3) is 0 Å². The second kappa shape index (κ2) is 8.21. The summed E-state index contributed by atoms with van der Waals surface area (Å²) in [5.74, 6) is -1.31. The van der Waals surface area contributed by atoms with E-state index in [1.165, 1.54) is 12.1 Å². The third kappa shape index (κ3) is 5.39. The molecule has 1 amide bonds. The van der Waals surface area contributed by atoms with Gasteiger partial charge in [0.1, 0.15) is 0 Å². The number of halogens is 1. The molecule has 1 N–H and O–H groups in total. The van der Waals surface area contributed by atoms with Crippen LogP contribution >= 0.6 is 11.6 Å². The van der Waals surface area contributed by atoms with E-state index in [4.69, 9.17) is 16.3 Å². The molecule has 0 aliphatic carbocycles. The molecule has 114 valence electrons. The maximum Gasteiger partial charge on any atom is 0.340 e. The Kier molecular flexibility index (Phi) is 6.61. The number of non-ortho nitro benzene ring substituents is 1. The van der Waals surface area contributed by atoms with Crippen molar-refractivity contribution >= 4 is 29.2 Å². The molecule has 1 aromatic rings. The van der Waals surface area contributed by atoms with Gasteiger partial charge in [-0.15, -0.1) is 0 Å². The van der Waals surface area contributed by atoms with Gasteiger partial charge in [-0.3, -0.25) is 14.9 Å². The summed E-state index contributed by atoms with van der Waals surface area (Å²) in [5.41, 5.74) is -0.425. The minimum atomic E-state index is -0.880. The van der Waals surface area contributed by atoms with Crippen molar-refractivity contribution in [1.29, 1.82) is 0 Å². The van der Waals surface area contributed by atoms with Crippen LogP contribution in [0.3, 0.4) is 0 Å². The van der Waals surface area contributed by atoms with Gasteiger partial charge in [0.2, 0.25) is 0 Å². The van der Waals surface area contributed by atoms with Gasteiger partial charge in [-0.2, -0.15) is 0 Å². The van der Waals surface area contributed by atoms with Gasteiger partial charge in [0.05, 0.1) is 15.5 Å². The summed E-state index contributed by atoms with van der Waals surface area (Å²) in [6.07, 6.45) is 1.76. The van der Waals surface area contributed by atoms with E-state index in [1.54, 1.807) is 0 Å². The number of hydrogen-bond acceptors (Lipinski definition) is 5. The quantitative estimate of drug-likeness (QED) is 0.360. The lowest BCUT2D eigenvalue weighted by Crippen LogP contribution is -2.29. The highest BCUT2D eigenvalue weighted by molar-refractivity contribution is 6.33. The predicted molar refractivity (Wildman–Crippen MR) is 76.3 cm³/mol. The number of carbonyl (C=O) groups excluding carboxylic acids is 2. The zero-order chi connectivity index (χ0) is 15.8. The van der Waals surface area contributed by atoms with Crippen LogP contribution in [0.5, 0.6) is 0 Å². The van der Waals surface area contributed by atoms with E-state index in [0.29, 0.717) is 6.54 Å². The van der Waals surface area contributed by atoms with Crippen molar-refractivity contribution in [2.45, 2.75) is 19.8 Å². The summed E-state index contributed by atoms with van der Waals surface area (Å²) >= 11 is 5.79. The molecule has 0 radical (unpaired) electrons. The molecule has 0 atom stereocenters. The Bertz CT molecular complexity index is 547. The molecule has 0 aliphatic heterocycles. The molecule has 1 rings (SSSR count).